The first-order valence-electron chi connectivity index (χ1n) is 13.8. The number of benzene rings is 2. The van der Waals surface area contributed by atoms with Crippen LogP contribution in [0, 0.1) is 5.82 Å². The molecule has 6 rings (SSSR count). The summed E-state index contributed by atoms with van der Waals surface area (Å²) >= 11 is 5.94. The van der Waals surface area contributed by atoms with E-state index < -0.39 is 0 Å². The number of halogens is 2. The van der Waals surface area contributed by atoms with Crippen molar-refractivity contribution in [1.82, 2.24) is 34.3 Å². The first kappa shape index (κ1) is 27.6. The van der Waals surface area contributed by atoms with Gasteiger partial charge in [0.05, 0.1) is 19.3 Å². The van der Waals surface area contributed by atoms with Crippen LogP contribution in [0.25, 0.3) is 10.9 Å². The molecule has 5 aromatic rings. The molecule has 0 saturated carbocycles. The standard InChI is InChI=1S/C31H29ClFN7O2/c32-29-17-23(11-12-34-29)31(42)38-15-13-37(14-16-38)30(41)10-7-24-19-39(28-4-2-1-3-27(24)28)20-26-21-40(36-35-26)18-22-5-8-25(33)9-6-22/h1-6,8-9,11-12,17,19,21H,7,10,13-16,18,20H2. The minimum atomic E-state index is -0.267. The summed E-state index contributed by atoms with van der Waals surface area (Å²) in [7, 11) is 0. The van der Waals surface area contributed by atoms with Gasteiger partial charge in [-0.25, -0.2) is 14.1 Å². The van der Waals surface area contributed by atoms with E-state index >= 15 is 0 Å². The zero-order valence-electron chi connectivity index (χ0n) is 22.9. The lowest BCUT2D eigenvalue weighted by Gasteiger charge is -2.35. The number of rotatable bonds is 8. The molecule has 1 aliphatic rings. The number of carbonyl (C=O) groups is 2. The van der Waals surface area contributed by atoms with Gasteiger partial charge >= 0.3 is 0 Å². The predicted molar refractivity (Wildman–Crippen MR) is 157 cm³/mol. The normalized spacial score (nSPS) is 13.6. The van der Waals surface area contributed by atoms with Crippen molar-refractivity contribution in [2.45, 2.75) is 25.9 Å². The Morgan fingerprint density at radius 1 is 0.905 bits per heavy atom. The molecule has 0 aliphatic carbocycles. The molecule has 0 radical (unpaired) electrons. The van der Waals surface area contributed by atoms with Crippen LogP contribution in [0.3, 0.4) is 0 Å². The van der Waals surface area contributed by atoms with Gasteiger partial charge in [-0.05, 0) is 47.9 Å². The highest BCUT2D eigenvalue weighted by Gasteiger charge is 2.25. The van der Waals surface area contributed by atoms with Gasteiger partial charge in [-0.15, -0.1) is 5.10 Å². The molecule has 42 heavy (non-hydrogen) atoms. The van der Waals surface area contributed by atoms with Crippen LogP contribution in [0.2, 0.25) is 5.15 Å². The Morgan fingerprint density at radius 2 is 1.67 bits per heavy atom. The highest BCUT2D eigenvalue weighted by Crippen LogP contribution is 2.24. The molecule has 11 heteroatoms. The average Bonchev–Trinajstić information content (AvgIpc) is 3.60. The summed E-state index contributed by atoms with van der Waals surface area (Å²) in [4.78, 5) is 33.4. The molecule has 0 spiro atoms. The summed E-state index contributed by atoms with van der Waals surface area (Å²) in [5, 5.41) is 9.97. The third-order valence-corrected chi connectivity index (χ3v) is 7.76. The van der Waals surface area contributed by atoms with E-state index in [1.807, 2.05) is 23.2 Å². The Kier molecular flexibility index (Phi) is 7.96. The maximum absolute atomic E-state index is 13.2. The largest absolute Gasteiger partial charge is 0.341 e. The topological polar surface area (TPSA) is 89.2 Å². The third-order valence-electron chi connectivity index (χ3n) is 7.55. The number of amides is 2. The maximum Gasteiger partial charge on any atom is 0.254 e. The Bertz CT molecular complexity index is 1720. The van der Waals surface area contributed by atoms with Crippen molar-refractivity contribution in [3.8, 4) is 0 Å². The zero-order chi connectivity index (χ0) is 29.1. The Labute approximate surface area is 247 Å². The van der Waals surface area contributed by atoms with Gasteiger partial charge in [-0.1, -0.05) is 47.1 Å². The van der Waals surface area contributed by atoms with Gasteiger partial charge in [0.25, 0.3) is 5.91 Å². The van der Waals surface area contributed by atoms with E-state index in [9.17, 15) is 14.0 Å². The second-order valence-electron chi connectivity index (χ2n) is 10.4. The number of aromatic nitrogens is 5. The second kappa shape index (κ2) is 12.1. The van der Waals surface area contributed by atoms with Crippen molar-refractivity contribution in [2.24, 2.45) is 0 Å². The summed E-state index contributed by atoms with van der Waals surface area (Å²) in [5.41, 5.74) is 4.42. The summed E-state index contributed by atoms with van der Waals surface area (Å²) in [6.07, 6.45) is 6.50. The molecule has 0 unspecified atom stereocenters. The van der Waals surface area contributed by atoms with E-state index in [1.54, 1.807) is 33.8 Å². The molecule has 1 saturated heterocycles. The van der Waals surface area contributed by atoms with Crippen LogP contribution in [0.15, 0.2) is 79.3 Å². The minimum absolute atomic E-state index is 0.0784. The van der Waals surface area contributed by atoms with Gasteiger partial charge in [0.1, 0.15) is 16.7 Å². The lowest BCUT2D eigenvalue weighted by Crippen LogP contribution is -2.50. The van der Waals surface area contributed by atoms with Crippen molar-refractivity contribution in [1.29, 1.82) is 0 Å². The number of hydrogen-bond acceptors (Lipinski definition) is 5. The predicted octanol–water partition coefficient (Wildman–Crippen LogP) is 4.43. The van der Waals surface area contributed by atoms with Gasteiger partial charge in [0, 0.05) is 61.5 Å². The monoisotopic (exact) mass is 585 g/mol. The molecule has 0 N–H and O–H groups in total. The number of pyridine rings is 1. The number of para-hydroxylation sites is 1. The van der Waals surface area contributed by atoms with Crippen LogP contribution in [0.4, 0.5) is 4.39 Å². The van der Waals surface area contributed by atoms with Crippen LogP contribution in [-0.4, -0.2) is 72.3 Å². The molecule has 3 aromatic heterocycles. The van der Waals surface area contributed by atoms with E-state index in [0.717, 1.165) is 27.7 Å². The molecule has 9 nitrogen and oxygen atoms in total. The van der Waals surface area contributed by atoms with Crippen molar-refractivity contribution >= 4 is 34.3 Å². The lowest BCUT2D eigenvalue weighted by molar-refractivity contribution is -0.132. The number of piperazine rings is 1. The Balaban J connectivity index is 1.07. The van der Waals surface area contributed by atoms with Crippen molar-refractivity contribution in [2.75, 3.05) is 26.2 Å². The summed E-state index contributed by atoms with van der Waals surface area (Å²) in [6, 6.07) is 17.7. The van der Waals surface area contributed by atoms with E-state index in [-0.39, 0.29) is 22.8 Å². The molecule has 2 amide bonds. The van der Waals surface area contributed by atoms with E-state index in [1.165, 1.54) is 18.3 Å². The number of aryl methyl sites for hydroxylation is 1. The van der Waals surface area contributed by atoms with Crippen LogP contribution in [0.1, 0.15) is 33.6 Å². The minimum Gasteiger partial charge on any atom is -0.341 e. The molecule has 0 atom stereocenters. The first-order valence-corrected chi connectivity index (χ1v) is 14.2. The fourth-order valence-corrected chi connectivity index (χ4v) is 5.54. The van der Waals surface area contributed by atoms with Gasteiger partial charge in [0.15, 0.2) is 0 Å². The van der Waals surface area contributed by atoms with E-state index in [0.29, 0.717) is 57.7 Å². The maximum atomic E-state index is 13.2. The molecule has 214 valence electrons. The SMILES string of the molecule is O=C(CCc1cn(Cc2cn(Cc3ccc(F)cc3)nn2)c2ccccc12)N1CCN(C(=O)c2ccnc(Cl)c2)CC1. The van der Waals surface area contributed by atoms with Crippen LogP contribution >= 0.6 is 11.6 Å². The number of fused-ring (bicyclic) bond motifs is 1. The molecular weight excluding hydrogens is 557 g/mol. The molecule has 1 fully saturated rings. The van der Waals surface area contributed by atoms with Gasteiger partial charge in [-0.2, -0.15) is 0 Å². The molecule has 0 bridgehead atoms. The van der Waals surface area contributed by atoms with Crippen LogP contribution in [0.5, 0.6) is 0 Å². The lowest BCUT2D eigenvalue weighted by atomic mass is 10.1. The second-order valence-corrected chi connectivity index (χ2v) is 10.8. The van der Waals surface area contributed by atoms with Crippen molar-refractivity contribution in [3.05, 3.63) is 113 Å². The number of hydrogen-bond donors (Lipinski definition) is 0. The smallest absolute Gasteiger partial charge is 0.254 e. The third kappa shape index (κ3) is 6.18. The fourth-order valence-electron chi connectivity index (χ4n) is 5.37. The van der Waals surface area contributed by atoms with E-state index in [4.69, 9.17) is 11.6 Å². The highest BCUT2D eigenvalue weighted by atomic mass is 35.5. The number of carbonyl (C=O) groups excluding carboxylic acids is 2. The summed E-state index contributed by atoms with van der Waals surface area (Å²) in [6.45, 7) is 3.00. The molecule has 2 aromatic carbocycles. The Hall–Kier alpha value is -4.57. The summed E-state index contributed by atoms with van der Waals surface area (Å²) < 4.78 is 17.1. The molecule has 4 heterocycles. The number of nitrogens with zero attached hydrogens (tertiary/aromatic N) is 7. The Morgan fingerprint density at radius 3 is 2.45 bits per heavy atom. The van der Waals surface area contributed by atoms with Gasteiger partial charge < -0.3 is 14.4 Å². The summed E-state index contributed by atoms with van der Waals surface area (Å²) in [5.74, 6) is -0.290. The molecular formula is C31H29ClFN7O2. The first-order chi connectivity index (χ1) is 20.4. The molecule has 1 aliphatic heterocycles. The fraction of sp³-hybridized carbons (Fsp3) is 0.258. The van der Waals surface area contributed by atoms with Crippen molar-refractivity contribution < 1.29 is 14.0 Å². The van der Waals surface area contributed by atoms with Crippen molar-refractivity contribution in [3.63, 3.8) is 0 Å². The highest BCUT2D eigenvalue weighted by molar-refractivity contribution is 6.29. The zero-order valence-corrected chi connectivity index (χ0v) is 23.6. The average molecular weight is 586 g/mol. The van der Waals surface area contributed by atoms with Gasteiger partial charge in [0.2, 0.25) is 5.91 Å². The van der Waals surface area contributed by atoms with Gasteiger partial charge in [-0.3, -0.25) is 9.59 Å². The quantitative estimate of drug-likeness (QED) is 0.251. The van der Waals surface area contributed by atoms with E-state index in [2.05, 4.69) is 38.2 Å². The van der Waals surface area contributed by atoms with Crippen LogP contribution in [-0.2, 0) is 24.3 Å². The van der Waals surface area contributed by atoms with Crippen LogP contribution < -0.4 is 0 Å².